The molecule has 0 aromatic heterocycles. The topological polar surface area (TPSA) is 111 Å². The Bertz CT molecular complexity index is 965. The molecule has 1 heterocycles. The fraction of sp³-hybridized carbons (Fsp3) is 0.300. The van der Waals surface area contributed by atoms with E-state index in [0.717, 1.165) is 12.8 Å². The average molecular weight is 418 g/mol. The molecule has 8 nitrogen and oxygen atoms in total. The van der Waals surface area contributed by atoms with Crippen LogP contribution < -0.4 is 14.8 Å². The number of ether oxygens (including phenoxy) is 2. The van der Waals surface area contributed by atoms with Crippen LogP contribution >= 0.6 is 0 Å². The Balaban J connectivity index is 1.59. The summed E-state index contributed by atoms with van der Waals surface area (Å²) in [7, 11) is -3.64. The van der Waals surface area contributed by atoms with E-state index in [1.807, 2.05) is 0 Å². The maximum absolute atomic E-state index is 12.4. The minimum Gasteiger partial charge on any atom is -0.427 e. The molecule has 0 radical (unpaired) electrons. The van der Waals surface area contributed by atoms with Crippen molar-refractivity contribution in [1.82, 2.24) is 4.72 Å². The van der Waals surface area contributed by atoms with Crippen molar-refractivity contribution in [2.24, 2.45) is 0 Å². The molecule has 1 amide bonds. The van der Waals surface area contributed by atoms with Gasteiger partial charge in [0, 0.05) is 31.3 Å². The minimum absolute atomic E-state index is 0.0874. The fourth-order valence-corrected chi connectivity index (χ4v) is 3.92. The Labute approximate surface area is 169 Å². The Morgan fingerprint density at radius 2 is 1.79 bits per heavy atom. The number of rotatable bonds is 7. The molecule has 0 saturated carbocycles. The first-order chi connectivity index (χ1) is 13.8. The van der Waals surface area contributed by atoms with E-state index < -0.39 is 16.0 Å². The Morgan fingerprint density at radius 3 is 2.38 bits per heavy atom. The lowest BCUT2D eigenvalue weighted by molar-refractivity contribution is -0.131. The maximum atomic E-state index is 12.4. The molecule has 0 unspecified atom stereocenters. The third kappa shape index (κ3) is 5.86. The van der Waals surface area contributed by atoms with E-state index >= 15 is 0 Å². The molecule has 3 rings (SSSR count). The van der Waals surface area contributed by atoms with Gasteiger partial charge in [0.05, 0.1) is 11.0 Å². The van der Waals surface area contributed by atoms with Gasteiger partial charge in [0.25, 0.3) is 5.91 Å². The van der Waals surface area contributed by atoms with E-state index in [1.165, 1.54) is 55.5 Å². The third-order valence-corrected chi connectivity index (χ3v) is 5.77. The molecule has 1 fully saturated rings. The van der Waals surface area contributed by atoms with E-state index in [0.29, 0.717) is 23.6 Å². The van der Waals surface area contributed by atoms with Gasteiger partial charge in [0.2, 0.25) is 10.0 Å². The van der Waals surface area contributed by atoms with Gasteiger partial charge >= 0.3 is 5.97 Å². The van der Waals surface area contributed by atoms with Crippen LogP contribution in [0.15, 0.2) is 53.4 Å². The molecule has 2 N–H and O–H groups in total. The smallest absolute Gasteiger partial charge is 0.308 e. The number of amides is 1. The summed E-state index contributed by atoms with van der Waals surface area (Å²) in [4.78, 5) is 23.3. The number of sulfonamides is 1. The van der Waals surface area contributed by atoms with E-state index in [2.05, 4.69) is 10.0 Å². The fourth-order valence-electron chi connectivity index (χ4n) is 2.85. The molecular formula is C20H22N2O6S. The van der Waals surface area contributed by atoms with E-state index in [-0.39, 0.29) is 23.5 Å². The van der Waals surface area contributed by atoms with Gasteiger partial charge in [-0.15, -0.1) is 0 Å². The quantitative estimate of drug-likeness (QED) is 0.527. The van der Waals surface area contributed by atoms with Gasteiger partial charge < -0.3 is 14.8 Å². The highest BCUT2D eigenvalue weighted by atomic mass is 32.2. The molecule has 29 heavy (non-hydrogen) atoms. The highest BCUT2D eigenvalue weighted by molar-refractivity contribution is 7.89. The van der Waals surface area contributed by atoms with Crippen molar-refractivity contribution < 1.29 is 27.5 Å². The Kier molecular flexibility index (Phi) is 6.63. The summed E-state index contributed by atoms with van der Waals surface area (Å²) in [5.41, 5.74) is 0.827. The predicted octanol–water partition coefficient (Wildman–Crippen LogP) is 2.32. The molecule has 154 valence electrons. The lowest BCUT2D eigenvalue weighted by Crippen LogP contribution is -2.31. The lowest BCUT2D eigenvalue weighted by atomic mass is 10.2. The standard InChI is InChI=1S/C20H22N2O6S/c1-14(23)28-17-8-4-15(5-9-17)20(24)22-16-6-10-19(11-7-16)29(25,26)21-13-18-3-2-12-27-18/h4-11,18,21H,2-3,12-13H2,1H3,(H,22,24)/t18-/m0/s1. The molecular weight excluding hydrogens is 396 g/mol. The normalized spacial score (nSPS) is 16.4. The Morgan fingerprint density at radius 1 is 1.10 bits per heavy atom. The lowest BCUT2D eigenvalue weighted by Gasteiger charge is -2.12. The molecule has 1 atom stereocenters. The maximum Gasteiger partial charge on any atom is 0.308 e. The second-order valence-corrected chi connectivity index (χ2v) is 8.35. The number of esters is 1. The minimum atomic E-state index is -3.64. The summed E-state index contributed by atoms with van der Waals surface area (Å²) in [6.07, 6.45) is 1.69. The zero-order valence-electron chi connectivity index (χ0n) is 15.9. The first-order valence-corrected chi connectivity index (χ1v) is 10.6. The molecule has 0 aliphatic carbocycles. The number of nitrogens with one attached hydrogen (secondary N) is 2. The van der Waals surface area contributed by atoms with Gasteiger partial charge in [-0.25, -0.2) is 13.1 Å². The molecule has 0 spiro atoms. The summed E-state index contributed by atoms with van der Waals surface area (Å²) in [6.45, 7) is 2.19. The second kappa shape index (κ2) is 9.17. The number of hydrogen-bond acceptors (Lipinski definition) is 6. The summed E-state index contributed by atoms with van der Waals surface area (Å²) >= 11 is 0. The summed E-state index contributed by atoms with van der Waals surface area (Å²) < 4.78 is 37.6. The number of hydrogen-bond donors (Lipinski definition) is 2. The van der Waals surface area contributed by atoms with Crippen LogP contribution in [0.3, 0.4) is 0 Å². The van der Waals surface area contributed by atoms with Crippen LogP contribution in [0.25, 0.3) is 0 Å². The first kappa shape index (κ1) is 21.0. The van der Waals surface area contributed by atoms with Crippen LogP contribution in [-0.2, 0) is 19.6 Å². The van der Waals surface area contributed by atoms with Gasteiger partial charge in [0.15, 0.2) is 0 Å². The molecule has 2 aromatic rings. The van der Waals surface area contributed by atoms with E-state index in [1.54, 1.807) is 0 Å². The van der Waals surface area contributed by atoms with Gasteiger partial charge in [-0.05, 0) is 61.4 Å². The summed E-state index contributed by atoms with van der Waals surface area (Å²) in [6, 6.07) is 12.0. The predicted molar refractivity (Wildman–Crippen MR) is 106 cm³/mol. The van der Waals surface area contributed by atoms with Crippen molar-refractivity contribution in [3.05, 3.63) is 54.1 Å². The SMILES string of the molecule is CC(=O)Oc1ccc(C(=O)Nc2ccc(S(=O)(=O)NC[C@@H]3CCCO3)cc2)cc1. The van der Waals surface area contributed by atoms with Crippen LogP contribution in [0.5, 0.6) is 5.75 Å². The average Bonchev–Trinajstić information content (AvgIpc) is 3.21. The highest BCUT2D eigenvalue weighted by Gasteiger charge is 2.20. The van der Waals surface area contributed by atoms with Crippen molar-refractivity contribution in [2.45, 2.75) is 30.8 Å². The third-order valence-electron chi connectivity index (χ3n) is 4.33. The van der Waals surface area contributed by atoms with E-state index in [4.69, 9.17) is 9.47 Å². The first-order valence-electron chi connectivity index (χ1n) is 9.15. The second-order valence-electron chi connectivity index (χ2n) is 6.58. The van der Waals surface area contributed by atoms with Crippen molar-refractivity contribution in [2.75, 3.05) is 18.5 Å². The van der Waals surface area contributed by atoms with Gasteiger partial charge in [-0.1, -0.05) is 0 Å². The van der Waals surface area contributed by atoms with Crippen LogP contribution in [-0.4, -0.2) is 39.5 Å². The summed E-state index contributed by atoms with van der Waals surface area (Å²) in [5.74, 6) is -0.465. The zero-order chi connectivity index (χ0) is 20.9. The highest BCUT2D eigenvalue weighted by Crippen LogP contribution is 2.18. The van der Waals surface area contributed by atoms with Crippen molar-refractivity contribution in [1.29, 1.82) is 0 Å². The number of benzene rings is 2. The van der Waals surface area contributed by atoms with Crippen LogP contribution in [0, 0.1) is 0 Å². The molecule has 1 aliphatic rings. The molecule has 1 aliphatic heterocycles. The Hall–Kier alpha value is -2.75. The summed E-state index contributed by atoms with van der Waals surface area (Å²) in [5, 5.41) is 2.69. The van der Waals surface area contributed by atoms with E-state index in [9.17, 15) is 18.0 Å². The molecule has 1 saturated heterocycles. The van der Waals surface area contributed by atoms with Crippen LogP contribution in [0.4, 0.5) is 5.69 Å². The van der Waals surface area contributed by atoms with Crippen molar-refractivity contribution in [3.63, 3.8) is 0 Å². The molecule has 9 heteroatoms. The molecule has 0 bridgehead atoms. The number of anilines is 1. The number of carbonyl (C=O) groups is 2. The number of carbonyl (C=O) groups excluding carboxylic acids is 2. The zero-order valence-corrected chi connectivity index (χ0v) is 16.7. The molecule has 2 aromatic carbocycles. The largest absolute Gasteiger partial charge is 0.427 e. The van der Waals surface area contributed by atoms with Crippen LogP contribution in [0.2, 0.25) is 0 Å². The van der Waals surface area contributed by atoms with Crippen LogP contribution in [0.1, 0.15) is 30.1 Å². The van der Waals surface area contributed by atoms with Gasteiger partial charge in [-0.2, -0.15) is 0 Å². The van der Waals surface area contributed by atoms with Gasteiger partial charge in [0.1, 0.15) is 5.75 Å². The monoisotopic (exact) mass is 418 g/mol. The van der Waals surface area contributed by atoms with Crippen molar-refractivity contribution >= 4 is 27.6 Å². The van der Waals surface area contributed by atoms with Gasteiger partial charge in [-0.3, -0.25) is 9.59 Å². The van der Waals surface area contributed by atoms with Crippen molar-refractivity contribution in [3.8, 4) is 5.75 Å².